The van der Waals surface area contributed by atoms with Crippen LogP contribution in [0.25, 0.3) is 0 Å². The van der Waals surface area contributed by atoms with E-state index in [9.17, 15) is 14.9 Å². The zero-order valence-corrected chi connectivity index (χ0v) is 25.3. The smallest absolute Gasteiger partial charge is 0.243 e. The Morgan fingerprint density at radius 3 is 2.27 bits per heavy atom. The van der Waals surface area contributed by atoms with Gasteiger partial charge in [-0.05, 0) is 73.4 Å². The van der Waals surface area contributed by atoms with E-state index in [1.807, 2.05) is 60.7 Å². The molecule has 4 aliphatic heterocycles. The van der Waals surface area contributed by atoms with Gasteiger partial charge < -0.3 is 19.9 Å². The van der Waals surface area contributed by atoms with Crippen molar-refractivity contribution in [3.05, 3.63) is 107 Å². The van der Waals surface area contributed by atoms with Crippen LogP contribution in [-0.2, 0) is 32.8 Å². The fraction of sp³-hybridized carbons (Fsp3) is 0.432. The Morgan fingerprint density at radius 1 is 0.955 bits per heavy atom. The molecule has 0 radical (unpaired) electrons. The van der Waals surface area contributed by atoms with Crippen molar-refractivity contribution in [3.8, 4) is 6.07 Å². The number of piperidine rings is 2. The molecule has 5 aliphatic rings. The first-order chi connectivity index (χ1) is 21.5. The van der Waals surface area contributed by atoms with Gasteiger partial charge in [-0.3, -0.25) is 9.59 Å². The monoisotopic (exact) mass is 588 g/mol. The molecule has 7 heteroatoms. The van der Waals surface area contributed by atoms with Crippen LogP contribution in [0.15, 0.2) is 84.9 Å². The Balaban J connectivity index is 1.38. The van der Waals surface area contributed by atoms with Crippen molar-refractivity contribution in [1.29, 1.82) is 5.26 Å². The zero-order chi connectivity index (χ0) is 30.3. The molecule has 3 aromatic carbocycles. The van der Waals surface area contributed by atoms with Crippen molar-refractivity contribution in [2.24, 2.45) is 23.7 Å². The number of nitrogens with zero attached hydrogens (tertiary/aromatic N) is 3. The number of ether oxygens (including phenoxy) is 1. The summed E-state index contributed by atoms with van der Waals surface area (Å²) in [5.41, 5.74) is 3.24. The van der Waals surface area contributed by atoms with E-state index in [0.717, 1.165) is 30.5 Å². The van der Waals surface area contributed by atoms with Crippen LogP contribution in [-0.4, -0.2) is 60.5 Å². The predicted molar refractivity (Wildman–Crippen MR) is 167 cm³/mol. The predicted octanol–water partition coefficient (Wildman–Crippen LogP) is 4.52. The van der Waals surface area contributed by atoms with Gasteiger partial charge in [-0.25, -0.2) is 0 Å². The Hall–Kier alpha value is -3.99. The quantitative estimate of drug-likeness (QED) is 0.439. The van der Waals surface area contributed by atoms with Crippen molar-refractivity contribution >= 4 is 11.8 Å². The number of likely N-dealkylation sites (N-methyl/N-ethyl adjacent to an activating group) is 1. The van der Waals surface area contributed by atoms with Crippen molar-refractivity contribution in [1.82, 2.24) is 15.1 Å². The highest BCUT2D eigenvalue weighted by Gasteiger charge is 2.72. The second-order valence-electron chi connectivity index (χ2n) is 13.1. The standard InChI is InChI=1S/C37H40N4O3/c1-40-24-30-21-31-32(20-25-8-4-2-5-9-25)34(40)37(30,29-14-12-26(22-38)13-15-29)41(36(43)28-16-18-44-19-17-28)33(31)35(42)39-23-27-10-6-3-7-11-27/h2-15,28,30-34H,16-21,23-24H2,1H3,(H,39,42)/t30-,31+,32+,33-,34-,37-/m0/s1. The molecule has 1 saturated carbocycles. The lowest BCUT2D eigenvalue weighted by Gasteiger charge is -2.65. The minimum atomic E-state index is -0.679. The Labute approximate surface area is 259 Å². The summed E-state index contributed by atoms with van der Waals surface area (Å²) in [6, 6.07) is 30.1. The molecule has 7 nitrogen and oxygen atoms in total. The molecule has 0 aromatic heterocycles. The van der Waals surface area contributed by atoms with Gasteiger partial charge in [0.25, 0.3) is 0 Å². The van der Waals surface area contributed by atoms with E-state index < -0.39 is 11.6 Å². The van der Waals surface area contributed by atoms with Crippen LogP contribution >= 0.6 is 0 Å². The SMILES string of the molecule is CN1C[C@@H]2C[C@@H]3[C@@H](Cc4ccccc4)[C@H]1[C@@]2(c1ccc(C#N)cc1)N(C(=O)C1CCOCC1)[C@@H]3C(=O)NCc1ccccc1. The first-order valence-corrected chi connectivity index (χ1v) is 16.0. The molecule has 3 aromatic rings. The first kappa shape index (κ1) is 28.8. The molecule has 5 fully saturated rings. The minimum absolute atomic E-state index is 0.0231. The average Bonchev–Trinajstić information content (AvgIpc) is 3.31. The van der Waals surface area contributed by atoms with Crippen molar-refractivity contribution in [2.45, 2.75) is 49.9 Å². The van der Waals surface area contributed by atoms with Gasteiger partial charge in [-0.2, -0.15) is 5.26 Å². The average molecular weight is 589 g/mol. The van der Waals surface area contributed by atoms with E-state index in [0.29, 0.717) is 38.2 Å². The van der Waals surface area contributed by atoms with E-state index in [4.69, 9.17) is 4.74 Å². The number of likely N-dealkylation sites (tertiary alicyclic amines) is 1. The fourth-order valence-corrected chi connectivity index (χ4v) is 9.12. The van der Waals surface area contributed by atoms with Gasteiger partial charge in [0, 0.05) is 44.2 Å². The zero-order valence-electron chi connectivity index (χ0n) is 25.3. The first-order valence-electron chi connectivity index (χ1n) is 16.0. The van der Waals surface area contributed by atoms with Crippen LogP contribution in [0.3, 0.4) is 0 Å². The van der Waals surface area contributed by atoms with E-state index in [2.05, 4.69) is 52.5 Å². The van der Waals surface area contributed by atoms with Gasteiger partial charge in [-0.15, -0.1) is 0 Å². The summed E-state index contributed by atoms with van der Waals surface area (Å²) in [5, 5.41) is 12.9. The minimum Gasteiger partial charge on any atom is -0.381 e. The fourth-order valence-electron chi connectivity index (χ4n) is 9.12. The number of nitriles is 1. The summed E-state index contributed by atoms with van der Waals surface area (Å²) in [7, 11) is 2.19. The maximum atomic E-state index is 14.9. The van der Waals surface area contributed by atoms with E-state index in [1.54, 1.807) is 0 Å². The third kappa shape index (κ3) is 4.72. The van der Waals surface area contributed by atoms with E-state index in [1.165, 1.54) is 5.56 Å². The second-order valence-corrected chi connectivity index (χ2v) is 13.1. The maximum absolute atomic E-state index is 14.9. The third-order valence-electron chi connectivity index (χ3n) is 10.8. The number of hydrogen-bond acceptors (Lipinski definition) is 5. The number of amides is 2. The normalized spacial score (nSPS) is 29.7. The summed E-state index contributed by atoms with van der Waals surface area (Å²) in [6.07, 6.45) is 3.05. The number of nitrogens with one attached hydrogen (secondary N) is 1. The van der Waals surface area contributed by atoms with Gasteiger partial charge in [-0.1, -0.05) is 72.8 Å². The largest absolute Gasteiger partial charge is 0.381 e. The molecule has 1 aliphatic carbocycles. The topological polar surface area (TPSA) is 85.7 Å². The lowest BCUT2D eigenvalue weighted by atomic mass is 9.52. The highest BCUT2D eigenvalue weighted by atomic mass is 16.5. The summed E-state index contributed by atoms with van der Waals surface area (Å²) < 4.78 is 5.66. The van der Waals surface area contributed by atoms with Crippen LogP contribution in [0.5, 0.6) is 0 Å². The highest BCUT2D eigenvalue weighted by molar-refractivity contribution is 5.91. The molecule has 8 rings (SSSR count). The van der Waals surface area contributed by atoms with Crippen molar-refractivity contribution in [2.75, 3.05) is 26.8 Å². The lowest BCUT2D eigenvalue weighted by Crippen LogP contribution is -2.77. The third-order valence-corrected chi connectivity index (χ3v) is 10.8. The number of rotatable bonds is 7. The Kier molecular flexibility index (Phi) is 7.74. The van der Waals surface area contributed by atoms with Crippen molar-refractivity contribution in [3.63, 3.8) is 0 Å². The summed E-state index contributed by atoms with van der Waals surface area (Å²) in [4.78, 5) is 34.0. The highest BCUT2D eigenvalue weighted by Crippen LogP contribution is 2.63. The number of fused-ring (bicyclic) bond motifs is 1. The molecule has 2 amide bonds. The van der Waals surface area contributed by atoms with Gasteiger partial charge in [0.15, 0.2) is 0 Å². The number of carbonyl (C=O) groups excluding carboxylic acids is 2. The van der Waals surface area contributed by atoms with E-state index >= 15 is 0 Å². The second kappa shape index (κ2) is 11.8. The Bertz CT molecular complexity index is 1530. The molecule has 6 atom stereocenters. The molecule has 0 unspecified atom stereocenters. The van der Waals surface area contributed by atoms with Gasteiger partial charge in [0.05, 0.1) is 17.2 Å². The van der Waals surface area contributed by atoms with Gasteiger partial charge in [0.2, 0.25) is 11.8 Å². The molecular weight excluding hydrogens is 548 g/mol. The number of benzene rings is 3. The summed E-state index contributed by atoms with van der Waals surface area (Å²) in [6.45, 7) is 2.40. The molecule has 1 N–H and O–H groups in total. The van der Waals surface area contributed by atoms with Gasteiger partial charge >= 0.3 is 0 Å². The van der Waals surface area contributed by atoms with Crippen LogP contribution in [0.1, 0.15) is 41.5 Å². The maximum Gasteiger partial charge on any atom is 0.243 e. The molecule has 44 heavy (non-hydrogen) atoms. The molecule has 4 heterocycles. The van der Waals surface area contributed by atoms with Crippen LogP contribution in [0, 0.1) is 35.0 Å². The molecular formula is C37H40N4O3. The molecule has 226 valence electrons. The summed E-state index contributed by atoms with van der Waals surface area (Å²) in [5.74, 6) is 0.199. The molecule has 0 spiro atoms. The summed E-state index contributed by atoms with van der Waals surface area (Å²) >= 11 is 0. The molecule has 4 saturated heterocycles. The van der Waals surface area contributed by atoms with Crippen molar-refractivity contribution < 1.29 is 14.3 Å². The van der Waals surface area contributed by atoms with E-state index in [-0.39, 0.29) is 41.5 Å². The Morgan fingerprint density at radius 2 is 1.61 bits per heavy atom. The lowest BCUT2D eigenvalue weighted by molar-refractivity contribution is -0.190. The van der Waals surface area contributed by atoms with Gasteiger partial charge in [0.1, 0.15) is 6.04 Å². The molecule has 4 bridgehead atoms. The van der Waals surface area contributed by atoms with Crippen LogP contribution in [0.4, 0.5) is 0 Å². The van der Waals surface area contributed by atoms with Crippen LogP contribution < -0.4 is 5.32 Å². The van der Waals surface area contributed by atoms with Crippen LogP contribution in [0.2, 0.25) is 0 Å². The number of carbonyl (C=O) groups is 2. The number of hydrogen-bond donors (Lipinski definition) is 1.